The fourth-order valence-electron chi connectivity index (χ4n) is 0.932. The van der Waals surface area contributed by atoms with Crippen LogP contribution in [0, 0.1) is 5.95 Å². The summed E-state index contributed by atoms with van der Waals surface area (Å²) in [5, 5.41) is 0.462. The van der Waals surface area contributed by atoms with Crippen LogP contribution in [0.2, 0.25) is 5.02 Å². The highest BCUT2D eigenvalue weighted by atomic mass is 35.5. The smallest absolute Gasteiger partial charge is 0.216 e. The molecule has 0 spiro atoms. The van der Waals surface area contributed by atoms with Crippen molar-refractivity contribution in [2.45, 2.75) is 12.8 Å². The summed E-state index contributed by atoms with van der Waals surface area (Å²) >= 11 is 5.64. The fraction of sp³-hybridized carbons (Fsp3) is 0.375. The van der Waals surface area contributed by atoms with Gasteiger partial charge in [0.15, 0.2) is 0 Å². The second-order valence-electron chi connectivity index (χ2n) is 2.50. The molecule has 66 valence electrons. The molecule has 1 aromatic rings. The predicted molar refractivity (Wildman–Crippen MR) is 46.6 cm³/mol. The lowest BCUT2D eigenvalue weighted by Gasteiger charge is -2.00. The zero-order chi connectivity index (χ0) is 8.97. The Morgan fingerprint density at radius 1 is 1.58 bits per heavy atom. The molecule has 0 fully saturated rings. The van der Waals surface area contributed by atoms with Gasteiger partial charge in [-0.2, -0.15) is 4.39 Å². The summed E-state index contributed by atoms with van der Waals surface area (Å²) in [4.78, 5) is 3.49. The van der Waals surface area contributed by atoms with E-state index in [1.165, 1.54) is 6.20 Å². The van der Waals surface area contributed by atoms with Crippen LogP contribution in [0.3, 0.4) is 0 Å². The van der Waals surface area contributed by atoms with Crippen molar-refractivity contribution in [1.29, 1.82) is 0 Å². The number of aromatic nitrogens is 1. The summed E-state index contributed by atoms with van der Waals surface area (Å²) in [6.45, 7) is 0.548. The summed E-state index contributed by atoms with van der Waals surface area (Å²) < 4.78 is 12.9. The average Bonchev–Trinajstić information content (AvgIpc) is 2.07. The van der Waals surface area contributed by atoms with Crippen molar-refractivity contribution in [1.82, 2.24) is 4.98 Å². The van der Waals surface area contributed by atoms with Gasteiger partial charge in [0.2, 0.25) is 5.95 Å². The molecule has 2 nitrogen and oxygen atoms in total. The van der Waals surface area contributed by atoms with Crippen molar-refractivity contribution < 1.29 is 4.39 Å². The Hall–Kier alpha value is -0.670. The van der Waals surface area contributed by atoms with E-state index < -0.39 is 5.95 Å². The monoisotopic (exact) mass is 188 g/mol. The maximum absolute atomic E-state index is 12.9. The molecule has 0 aliphatic rings. The number of rotatable bonds is 3. The third-order valence-electron chi connectivity index (χ3n) is 1.53. The van der Waals surface area contributed by atoms with E-state index in [-0.39, 0.29) is 0 Å². The Morgan fingerprint density at radius 2 is 2.33 bits per heavy atom. The van der Waals surface area contributed by atoms with Crippen LogP contribution in [0.1, 0.15) is 12.0 Å². The van der Waals surface area contributed by atoms with E-state index in [4.69, 9.17) is 17.3 Å². The largest absolute Gasteiger partial charge is 0.330 e. The van der Waals surface area contributed by atoms with Crippen LogP contribution in [0.25, 0.3) is 0 Å². The molecule has 0 bridgehead atoms. The zero-order valence-electron chi connectivity index (χ0n) is 6.56. The van der Waals surface area contributed by atoms with Gasteiger partial charge in [0.25, 0.3) is 0 Å². The first kappa shape index (κ1) is 9.42. The Bertz CT molecular complexity index is 265. The van der Waals surface area contributed by atoms with E-state index in [1.807, 2.05) is 0 Å². The lowest BCUT2D eigenvalue weighted by Crippen LogP contribution is -2.02. The Labute approximate surface area is 75.6 Å². The van der Waals surface area contributed by atoms with Crippen molar-refractivity contribution in [2.24, 2.45) is 5.73 Å². The molecule has 2 N–H and O–H groups in total. The Kier molecular flexibility index (Phi) is 3.44. The van der Waals surface area contributed by atoms with Crippen LogP contribution in [0.15, 0.2) is 12.3 Å². The minimum atomic E-state index is -0.451. The summed E-state index contributed by atoms with van der Waals surface area (Å²) in [5.74, 6) is -0.451. The second kappa shape index (κ2) is 4.38. The Morgan fingerprint density at radius 3 is 3.00 bits per heavy atom. The van der Waals surface area contributed by atoms with Crippen LogP contribution in [-0.2, 0) is 6.42 Å². The lowest BCUT2D eigenvalue weighted by atomic mass is 10.1. The van der Waals surface area contributed by atoms with Crippen LogP contribution in [-0.4, -0.2) is 11.5 Å². The summed E-state index contributed by atoms with van der Waals surface area (Å²) in [7, 11) is 0. The zero-order valence-corrected chi connectivity index (χ0v) is 7.31. The number of hydrogen-bond donors (Lipinski definition) is 1. The normalized spacial score (nSPS) is 10.2. The number of aryl methyl sites for hydroxylation is 1. The highest BCUT2D eigenvalue weighted by Crippen LogP contribution is 2.13. The lowest BCUT2D eigenvalue weighted by molar-refractivity contribution is 0.563. The van der Waals surface area contributed by atoms with Crippen molar-refractivity contribution in [2.75, 3.05) is 6.54 Å². The van der Waals surface area contributed by atoms with Gasteiger partial charge in [-0.25, -0.2) is 4.98 Å². The van der Waals surface area contributed by atoms with Crippen molar-refractivity contribution in [3.05, 3.63) is 28.8 Å². The van der Waals surface area contributed by atoms with Crippen molar-refractivity contribution >= 4 is 11.6 Å². The molecule has 0 atom stereocenters. The SMILES string of the molecule is NCCCc1cc(Cl)cnc1F. The van der Waals surface area contributed by atoms with E-state index in [1.54, 1.807) is 6.07 Å². The Balaban J connectivity index is 2.75. The van der Waals surface area contributed by atoms with Crippen LogP contribution in [0.5, 0.6) is 0 Å². The predicted octanol–water partition coefficient (Wildman–Crippen LogP) is 1.77. The molecule has 12 heavy (non-hydrogen) atoms. The average molecular weight is 189 g/mol. The van der Waals surface area contributed by atoms with E-state index in [0.717, 1.165) is 6.42 Å². The van der Waals surface area contributed by atoms with Crippen LogP contribution < -0.4 is 5.73 Å². The molecule has 0 radical (unpaired) electrons. The minimum Gasteiger partial charge on any atom is -0.330 e. The number of halogens is 2. The highest BCUT2D eigenvalue weighted by Gasteiger charge is 2.02. The first-order valence-electron chi connectivity index (χ1n) is 3.74. The first-order chi connectivity index (χ1) is 5.74. The maximum Gasteiger partial charge on any atom is 0.216 e. The van der Waals surface area contributed by atoms with Gasteiger partial charge < -0.3 is 5.73 Å². The van der Waals surface area contributed by atoms with Gasteiger partial charge in [-0.05, 0) is 25.5 Å². The van der Waals surface area contributed by atoms with Gasteiger partial charge in [0, 0.05) is 11.8 Å². The second-order valence-corrected chi connectivity index (χ2v) is 2.93. The third kappa shape index (κ3) is 2.43. The number of nitrogens with two attached hydrogens (primary N) is 1. The van der Waals surface area contributed by atoms with Gasteiger partial charge in [0.1, 0.15) is 0 Å². The maximum atomic E-state index is 12.9. The highest BCUT2D eigenvalue weighted by molar-refractivity contribution is 6.30. The third-order valence-corrected chi connectivity index (χ3v) is 1.74. The van der Waals surface area contributed by atoms with E-state index in [2.05, 4.69) is 4.98 Å². The van der Waals surface area contributed by atoms with Crippen molar-refractivity contribution in [3.63, 3.8) is 0 Å². The topological polar surface area (TPSA) is 38.9 Å². The van der Waals surface area contributed by atoms with Gasteiger partial charge in [-0.1, -0.05) is 11.6 Å². The molecule has 0 aliphatic heterocycles. The van der Waals surface area contributed by atoms with Crippen LogP contribution in [0.4, 0.5) is 4.39 Å². The fourth-order valence-corrected chi connectivity index (χ4v) is 1.11. The van der Waals surface area contributed by atoms with E-state index in [9.17, 15) is 4.39 Å². The molecule has 0 amide bonds. The minimum absolute atomic E-state index is 0.451. The van der Waals surface area contributed by atoms with Crippen molar-refractivity contribution in [3.8, 4) is 0 Å². The number of pyridine rings is 1. The standard InChI is InChI=1S/C8H10ClFN2/c9-7-4-6(2-1-3-11)8(10)12-5-7/h4-5H,1-3,11H2. The molecule has 1 rings (SSSR count). The van der Waals surface area contributed by atoms with Gasteiger partial charge in [-0.3, -0.25) is 0 Å². The molecular formula is C8H10ClFN2. The van der Waals surface area contributed by atoms with E-state index in [0.29, 0.717) is 23.6 Å². The number of nitrogens with zero attached hydrogens (tertiary/aromatic N) is 1. The molecule has 0 unspecified atom stereocenters. The molecular weight excluding hydrogens is 179 g/mol. The summed E-state index contributed by atoms with van der Waals surface area (Å²) in [6, 6.07) is 1.58. The van der Waals surface area contributed by atoms with E-state index >= 15 is 0 Å². The summed E-state index contributed by atoms with van der Waals surface area (Å²) in [5.41, 5.74) is 5.82. The number of hydrogen-bond acceptors (Lipinski definition) is 2. The van der Waals surface area contributed by atoms with Crippen LogP contribution >= 0.6 is 11.6 Å². The molecule has 1 heterocycles. The molecule has 0 aromatic carbocycles. The molecule has 4 heteroatoms. The van der Waals surface area contributed by atoms with Gasteiger partial charge in [0.05, 0.1) is 5.02 Å². The van der Waals surface area contributed by atoms with Gasteiger partial charge in [-0.15, -0.1) is 0 Å². The quantitative estimate of drug-likeness (QED) is 0.735. The first-order valence-corrected chi connectivity index (χ1v) is 4.12. The summed E-state index contributed by atoms with van der Waals surface area (Å²) in [6.07, 6.45) is 2.64. The van der Waals surface area contributed by atoms with Gasteiger partial charge >= 0.3 is 0 Å². The molecule has 1 aromatic heterocycles. The molecule has 0 saturated carbocycles. The molecule has 0 saturated heterocycles. The molecule has 0 aliphatic carbocycles.